The van der Waals surface area contributed by atoms with E-state index in [2.05, 4.69) is 31.4 Å². The van der Waals surface area contributed by atoms with Crippen LogP contribution in [0.5, 0.6) is 0 Å². The Kier molecular flexibility index (Phi) is 5.74. The minimum absolute atomic E-state index is 0.591. The molecule has 0 saturated heterocycles. The molecule has 4 heteroatoms. The molecule has 0 amide bonds. The fourth-order valence-corrected chi connectivity index (χ4v) is 8.49. The van der Waals surface area contributed by atoms with E-state index >= 15 is 0 Å². The van der Waals surface area contributed by atoms with Crippen molar-refractivity contribution in [3.63, 3.8) is 0 Å². The Hall–Kier alpha value is -0.471. The monoisotopic (exact) mass is 358 g/mol. The molecule has 100 valence electrons. The first-order chi connectivity index (χ1) is 8.36. The molecular formula is C14H22O3Sn. The van der Waals surface area contributed by atoms with Gasteiger partial charge in [0.15, 0.2) is 0 Å². The van der Waals surface area contributed by atoms with E-state index in [0.717, 1.165) is 24.8 Å². The third-order valence-electron chi connectivity index (χ3n) is 3.24. The van der Waals surface area contributed by atoms with Crippen molar-refractivity contribution in [3.05, 3.63) is 9.16 Å². The second-order valence-electron chi connectivity index (χ2n) is 5.62. The average Bonchev–Trinajstić information content (AvgIpc) is 2.34. The van der Waals surface area contributed by atoms with Crippen LogP contribution < -0.4 is 0 Å². The number of esters is 1. The molecule has 1 N–H and O–H groups in total. The van der Waals surface area contributed by atoms with Crippen LogP contribution in [0.1, 0.15) is 25.7 Å². The Balaban J connectivity index is 2.98. The van der Waals surface area contributed by atoms with Crippen LogP contribution in [-0.4, -0.2) is 42.7 Å². The van der Waals surface area contributed by atoms with E-state index in [-0.39, 0.29) is 0 Å². The Bertz CT molecular complexity index is 407. The van der Waals surface area contributed by atoms with Crippen LogP contribution in [0.15, 0.2) is 9.16 Å². The quantitative estimate of drug-likeness (QED) is 0.357. The summed E-state index contributed by atoms with van der Waals surface area (Å²) in [5, 5.41) is 10.1. The summed E-state index contributed by atoms with van der Waals surface area (Å²) in [6.07, 6.45) is 3.55. The standard InChI is InChI=1S/C11H13O3.3CH3.Sn/c1-14-11(13)8-7-10(12)9-5-3-2-4-6-9;;;;/h10,12H,2-5H2,1H3;3*1H3;. The number of aliphatic hydroxyl groups is 1. The molecular weight excluding hydrogens is 335 g/mol. The third-order valence-corrected chi connectivity index (χ3v) is 10.0. The number of hydrogen-bond acceptors (Lipinski definition) is 3. The van der Waals surface area contributed by atoms with Gasteiger partial charge in [0.2, 0.25) is 0 Å². The number of allylic oxidation sites excluding steroid dienone is 1. The number of aliphatic hydroxyl groups excluding tert-OH is 1. The van der Waals surface area contributed by atoms with Gasteiger partial charge in [0.1, 0.15) is 0 Å². The van der Waals surface area contributed by atoms with Crippen molar-refractivity contribution in [2.75, 3.05) is 7.11 Å². The van der Waals surface area contributed by atoms with Gasteiger partial charge in [0.25, 0.3) is 0 Å². The Morgan fingerprint density at radius 2 is 1.94 bits per heavy atom. The molecule has 0 saturated carbocycles. The van der Waals surface area contributed by atoms with Gasteiger partial charge in [-0.05, 0) is 0 Å². The first kappa shape index (κ1) is 15.6. The van der Waals surface area contributed by atoms with Crippen molar-refractivity contribution in [2.45, 2.75) is 46.6 Å². The molecule has 18 heavy (non-hydrogen) atoms. The maximum absolute atomic E-state index is 11.0. The molecule has 0 fully saturated rings. The van der Waals surface area contributed by atoms with E-state index in [1.807, 2.05) is 0 Å². The summed E-state index contributed by atoms with van der Waals surface area (Å²) in [5.41, 5.74) is 1.08. The number of ether oxygens (including phenoxy) is 1. The predicted octanol–water partition coefficient (Wildman–Crippen LogP) is 2.27. The molecule has 0 aromatic heterocycles. The molecule has 0 aromatic rings. The molecule has 1 aliphatic rings. The van der Waals surface area contributed by atoms with Crippen LogP contribution in [0.25, 0.3) is 0 Å². The summed E-state index contributed by atoms with van der Waals surface area (Å²) in [6, 6.07) is 0. The van der Waals surface area contributed by atoms with Crippen molar-refractivity contribution >= 4 is 24.3 Å². The van der Waals surface area contributed by atoms with E-state index in [1.54, 1.807) is 0 Å². The van der Waals surface area contributed by atoms with Crippen molar-refractivity contribution in [2.24, 2.45) is 0 Å². The number of carbonyl (C=O) groups excluding carboxylic acids is 1. The summed E-state index contributed by atoms with van der Waals surface area (Å²) in [6.45, 7) is 0. The van der Waals surface area contributed by atoms with Gasteiger partial charge in [-0.15, -0.1) is 0 Å². The molecule has 0 aliphatic heterocycles. The SMILES string of the molecule is COC(=O)C#CC(O)C1=[C]([Sn]([CH3])([CH3])[CH3])CCCC1. The Morgan fingerprint density at radius 1 is 1.33 bits per heavy atom. The van der Waals surface area contributed by atoms with E-state index < -0.39 is 30.5 Å². The molecule has 0 heterocycles. The molecule has 1 aliphatic carbocycles. The van der Waals surface area contributed by atoms with E-state index in [0.29, 0.717) is 0 Å². The molecule has 1 rings (SSSR count). The topological polar surface area (TPSA) is 46.5 Å². The van der Waals surface area contributed by atoms with Gasteiger partial charge in [0, 0.05) is 0 Å². The second-order valence-corrected chi connectivity index (χ2v) is 20.2. The van der Waals surface area contributed by atoms with Crippen molar-refractivity contribution < 1.29 is 14.6 Å². The number of carbonyl (C=O) groups is 1. The summed E-state index contributed by atoms with van der Waals surface area (Å²) in [5.74, 6) is 4.35. The number of hydrogen-bond donors (Lipinski definition) is 1. The predicted molar refractivity (Wildman–Crippen MR) is 74.6 cm³/mol. The zero-order valence-corrected chi connectivity index (χ0v) is 14.5. The molecule has 0 bridgehead atoms. The Labute approximate surface area is 113 Å². The van der Waals surface area contributed by atoms with E-state index in [9.17, 15) is 9.90 Å². The maximum atomic E-state index is 11.0. The zero-order valence-electron chi connectivity index (χ0n) is 11.7. The first-order valence-corrected chi connectivity index (χ1v) is 16.3. The fourth-order valence-electron chi connectivity index (χ4n) is 2.35. The van der Waals surface area contributed by atoms with Crippen molar-refractivity contribution in [1.29, 1.82) is 0 Å². The number of methoxy groups -OCH3 is 1. The van der Waals surface area contributed by atoms with Gasteiger partial charge in [-0.1, -0.05) is 0 Å². The van der Waals surface area contributed by atoms with Crippen LogP contribution >= 0.6 is 0 Å². The molecule has 0 spiro atoms. The average molecular weight is 357 g/mol. The van der Waals surface area contributed by atoms with Crippen LogP contribution in [-0.2, 0) is 9.53 Å². The van der Waals surface area contributed by atoms with Crippen LogP contribution in [0.3, 0.4) is 0 Å². The van der Waals surface area contributed by atoms with E-state index in [4.69, 9.17) is 0 Å². The summed E-state index contributed by atoms with van der Waals surface area (Å²) >= 11 is -2.16. The van der Waals surface area contributed by atoms with Gasteiger partial charge in [-0.25, -0.2) is 0 Å². The molecule has 1 atom stereocenters. The summed E-state index contributed by atoms with van der Waals surface area (Å²) in [4.78, 5) is 18.0. The summed E-state index contributed by atoms with van der Waals surface area (Å²) < 4.78 is 5.94. The van der Waals surface area contributed by atoms with Crippen LogP contribution in [0.2, 0.25) is 14.8 Å². The first-order valence-electron chi connectivity index (χ1n) is 6.36. The normalized spacial score (nSPS) is 17.8. The second kappa shape index (κ2) is 6.62. The van der Waals surface area contributed by atoms with Gasteiger partial charge >= 0.3 is 114 Å². The minimum atomic E-state index is -2.16. The summed E-state index contributed by atoms with van der Waals surface area (Å²) in [7, 11) is 1.29. The third kappa shape index (κ3) is 4.33. The van der Waals surface area contributed by atoms with E-state index in [1.165, 1.54) is 17.1 Å². The molecule has 0 aromatic carbocycles. The van der Waals surface area contributed by atoms with Crippen LogP contribution in [0.4, 0.5) is 0 Å². The van der Waals surface area contributed by atoms with Gasteiger partial charge in [-0.3, -0.25) is 0 Å². The molecule has 0 radical (unpaired) electrons. The van der Waals surface area contributed by atoms with Gasteiger partial charge in [0.05, 0.1) is 0 Å². The van der Waals surface area contributed by atoms with Crippen LogP contribution in [0, 0.1) is 11.8 Å². The van der Waals surface area contributed by atoms with Crippen molar-refractivity contribution in [1.82, 2.24) is 0 Å². The van der Waals surface area contributed by atoms with Crippen molar-refractivity contribution in [3.8, 4) is 11.8 Å². The molecule has 3 nitrogen and oxygen atoms in total. The van der Waals surface area contributed by atoms with Gasteiger partial charge in [-0.2, -0.15) is 0 Å². The van der Waals surface area contributed by atoms with Gasteiger partial charge < -0.3 is 0 Å². The molecule has 1 unspecified atom stereocenters. The fraction of sp³-hybridized carbons (Fsp3) is 0.643. The zero-order chi connectivity index (χ0) is 13.8. The number of rotatable bonds is 2. The Morgan fingerprint density at radius 3 is 2.50 bits per heavy atom.